The summed E-state index contributed by atoms with van der Waals surface area (Å²) in [6, 6.07) is 1.11. The molecular weight excluding hydrogens is 254 g/mol. The molecule has 0 aromatic heterocycles. The van der Waals surface area contributed by atoms with E-state index in [9.17, 15) is 4.79 Å². The van der Waals surface area contributed by atoms with E-state index < -0.39 is 0 Å². The van der Waals surface area contributed by atoms with Gasteiger partial charge in [-0.3, -0.25) is 0 Å². The van der Waals surface area contributed by atoms with Gasteiger partial charge in [0.2, 0.25) is 0 Å². The fourth-order valence-corrected chi connectivity index (χ4v) is 3.68. The van der Waals surface area contributed by atoms with Crippen LogP contribution >= 0.6 is 0 Å². The predicted molar refractivity (Wildman–Crippen MR) is 77.6 cm³/mol. The second kappa shape index (κ2) is 5.90. The average molecular weight is 281 g/mol. The van der Waals surface area contributed by atoms with E-state index >= 15 is 0 Å². The average Bonchev–Trinajstić information content (AvgIpc) is 2.99. The third-order valence-corrected chi connectivity index (χ3v) is 5.11. The molecule has 5 heteroatoms. The number of hydrogen-bond donors (Lipinski definition) is 1. The molecule has 114 valence electrons. The summed E-state index contributed by atoms with van der Waals surface area (Å²) in [5.74, 6) is 1.15. The lowest BCUT2D eigenvalue weighted by Gasteiger charge is -2.35. The van der Waals surface area contributed by atoms with Crippen molar-refractivity contribution in [3.63, 3.8) is 0 Å². The minimum atomic E-state index is 0.141. The molecule has 0 aromatic carbocycles. The first-order valence-corrected chi connectivity index (χ1v) is 8.00. The number of nitrogens with zero attached hydrogens (tertiary/aromatic N) is 2. The van der Waals surface area contributed by atoms with Crippen molar-refractivity contribution in [2.45, 2.75) is 38.8 Å². The van der Waals surface area contributed by atoms with Crippen molar-refractivity contribution in [3.05, 3.63) is 0 Å². The Hall–Kier alpha value is -0.810. The summed E-state index contributed by atoms with van der Waals surface area (Å²) in [5.41, 5.74) is 0. The summed E-state index contributed by atoms with van der Waals surface area (Å²) in [7, 11) is 0. The van der Waals surface area contributed by atoms with Crippen LogP contribution in [-0.2, 0) is 4.74 Å². The Morgan fingerprint density at radius 3 is 2.30 bits per heavy atom. The molecule has 0 bridgehead atoms. The van der Waals surface area contributed by atoms with Crippen LogP contribution in [0.2, 0.25) is 0 Å². The van der Waals surface area contributed by atoms with E-state index in [1.165, 1.54) is 0 Å². The van der Waals surface area contributed by atoms with Crippen LogP contribution in [-0.4, -0.2) is 67.3 Å². The van der Waals surface area contributed by atoms with E-state index in [-0.39, 0.29) is 6.03 Å². The first-order chi connectivity index (χ1) is 9.63. The summed E-state index contributed by atoms with van der Waals surface area (Å²) in [6.45, 7) is 10.1. The third-order valence-electron chi connectivity index (χ3n) is 5.11. The van der Waals surface area contributed by atoms with Crippen LogP contribution in [0.4, 0.5) is 4.79 Å². The molecule has 3 heterocycles. The van der Waals surface area contributed by atoms with Crippen LogP contribution in [0, 0.1) is 11.8 Å². The molecule has 2 amide bonds. The lowest BCUT2D eigenvalue weighted by atomic mass is 10.0. The van der Waals surface area contributed by atoms with Crippen molar-refractivity contribution in [3.8, 4) is 0 Å². The Balaban J connectivity index is 1.44. The van der Waals surface area contributed by atoms with Gasteiger partial charge in [0.05, 0.1) is 13.2 Å². The van der Waals surface area contributed by atoms with Crippen LogP contribution < -0.4 is 5.32 Å². The van der Waals surface area contributed by atoms with E-state index in [1.54, 1.807) is 0 Å². The number of ether oxygens (including phenoxy) is 1. The fourth-order valence-electron chi connectivity index (χ4n) is 3.68. The number of likely N-dealkylation sites (tertiary alicyclic amines) is 2. The summed E-state index contributed by atoms with van der Waals surface area (Å²) >= 11 is 0. The van der Waals surface area contributed by atoms with E-state index in [1.807, 2.05) is 4.90 Å². The van der Waals surface area contributed by atoms with Crippen LogP contribution in [0.25, 0.3) is 0 Å². The molecule has 0 aromatic rings. The number of piperidine rings is 1. The second-order valence-corrected chi connectivity index (χ2v) is 6.82. The molecule has 5 nitrogen and oxygen atoms in total. The van der Waals surface area contributed by atoms with Crippen LogP contribution in [0.5, 0.6) is 0 Å². The second-order valence-electron chi connectivity index (χ2n) is 6.82. The van der Waals surface area contributed by atoms with Gasteiger partial charge in [0.1, 0.15) is 0 Å². The van der Waals surface area contributed by atoms with Gasteiger partial charge in [-0.1, -0.05) is 0 Å². The Bertz CT molecular complexity index is 341. The number of urea groups is 1. The Kier molecular flexibility index (Phi) is 4.17. The van der Waals surface area contributed by atoms with Crippen molar-refractivity contribution >= 4 is 6.03 Å². The zero-order chi connectivity index (χ0) is 14.1. The SMILES string of the molecule is CC(C)N1CCC(NC(=O)N2CC3COCC3C2)CC1. The van der Waals surface area contributed by atoms with Gasteiger partial charge >= 0.3 is 6.03 Å². The number of hydrogen-bond acceptors (Lipinski definition) is 3. The molecule has 2 unspecified atom stereocenters. The number of fused-ring (bicyclic) bond motifs is 1. The summed E-state index contributed by atoms with van der Waals surface area (Å²) < 4.78 is 5.46. The maximum atomic E-state index is 12.3. The quantitative estimate of drug-likeness (QED) is 0.826. The van der Waals surface area contributed by atoms with E-state index in [2.05, 4.69) is 24.1 Å². The molecule has 0 spiro atoms. The van der Waals surface area contributed by atoms with Crippen molar-refractivity contribution in [1.82, 2.24) is 15.1 Å². The van der Waals surface area contributed by atoms with Gasteiger partial charge in [-0.05, 0) is 26.7 Å². The molecule has 0 saturated carbocycles. The number of carbonyl (C=O) groups is 1. The summed E-state index contributed by atoms with van der Waals surface area (Å²) in [4.78, 5) is 16.8. The van der Waals surface area contributed by atoms with Crippen molar-refractivity contribution in [2.75, 3.05) is 39.4 Å². The lowest BCUT2D eigenvalue weighted by Crippen LogP contribution is -2.50. The first kappa shape index (κ1) is 14.1. The predicted octanol–water partition coefficient (Wildman–Crippen LogP) is 1.15. The minimum Gasteiger partial charge on any atom is -0.381 e. The van der Waals surface area contributed by atoms with Gasteiger partial charge in [-0.25, -0.2) is 4.79 Å². The molecule has 3 saturated heterocycles. The maximum Gasteiger partial charge on any atom is 0.317 e. The molecule has 3 aliphatic rings. The molecule has 0 aliphatic carbocycles. The van der Waals surface area contributed by atoms with Crippen molar-refractivity contribution in [2.24, 2.45) is 11.8 Å². The van der Waals surface area contributed by atoms with Crippen LogP contribution in [0.15, 0.2) is 0 Å². The topological polar surface area (TPSA) is 44.8 Å². The number of carbonyl (C=O) groups excluding carboxylic acids is 1. The molecule has 2 atom stereocenters. The Labute approximate surface area is 121 Å². The summed E-state index contributed by atoms with van der Waals surface area (Å²) in [5, 5.41) is 3.23. The molecule has 0 radical (unpaired) electrons. The van der Waals surface area contributed by atoms with Crippen molar-refractivity contribution < 1.29 is 9.53 Å². The van der Waals surface area contributed by atoms with Crippen molar-refractivity contribution in [1.29, 1.82) is 0 Å². The molecule has 1 N–H and O–H groups in total. The smallest absolute Gasteiger partial charge is 0.317 e. The first-order valence-electron chi connectivity index (χ1n) is 8.00. The standard InChI is InChI=1S/C15H27N3O2/c1-11(2)17-5-3-14(4-6-17)16-15(19)18-7-12-9-20-10-13(12)8-18/h11-14H,3-10H2,1-2H3,(H,16,19). The Morgan fingerprint density at radius 1 is 1.15 bits per heavy atom. The monoisotopic (exact) mass is 281 g/mol. The maximum absolute atomic E-state index is 12.3. The van der Waals surface area contributed by atoms with E-state index in [0.717, 1.165) is 52.2 Å². The van der Waals surface area contributed by atoms with Crippen LogP contribution in [0.1, 0.15) is 26.7 Å². The van der Waals surface area contributed by atoms with Gasteiger partial charge in [-0.2, -0.15) is 0 Å². The highest BCUT2D eigenvalue weighted by atomic mass is 16.5. The highest BCUT2D eigenvalue weighted by Gasteiger charge is 2.39. The largest absolute Gasteiger partial charge is 0.381 e. The summed E-state index contributed by atoms with van der Waals surface area (Å²) in [6.07, 6.45) is 2.15. The highest BCUT2D eigenvalue weighted by Crippen LogP contribution is 2.29. The van der Waals surface area contributed by atoms with Gasteiger partial charge in [0, 0.05) is 50.1 Å². The van der Waals surface area contributed by atoms with Gasteiger partial charge in [0.15, 0.2) is 0 Å². The number of amides is 2. The molecule has 3 rings (SSSR count). The Morgan fingerprint density at radius 2 is 1.75 bits per heavy atom. The molecular formula is C15H27N3O2. The zero-order valence-electron chi connectivity index (χ0n) is 12.7. The lowest BCUT2D eigenvalue weighted by molar-refractivity contribution is 0.143. The molecule has 20 heavy (non-hydrogen) atoms. The fraction of sp³-hybridized carbons (Fsp3) is 0.933. The third kappa shape index (κ3) is 2.93. The van der Waals surface area contributed by atoms with Gasteiger partial charge in [0.25, 0.3) is 0 Å². The van der Waals surface area contributed by atoms with Crippen LogP contribution in [0.3, 0.4) is 0 Å². The van der Waals surface area contributed by atoms with Gasteiger partial charge in [-0.15, -0.1) is 0 Å². The van der Waals surface area contributed by atoms with E-state index in [4.69, 9.17) is 4.74 Å². The highest BCUT2D eigenvalue weighted by molar-refractivity contribution is 5.75. The van der Waals surface area contributed by atoms with Gasteiger partial charge < -0.3 is 19.9 Å². The normalized spacial score (nSPS) is 31.9. The number of nitrogens with one attached hydrogen (secondary N) is 1. The number of rotatable bonds is 2. The zero-order valence-corrected chi connectivity index (χ0v) is 12.7. The minimum absolute atomic E-state index is 0.141. The van der Waals surface area contributed by atoms with E-state index in [0.29, 0.717) is 23.9 Å². The molecule has 3 aliphatic heterocycles. The molecule has 3 fully saturated rings.